The van der Waals surface area contributed by atoms with Gasteiger partial charge in [-0.1, -0.05) is 64.1 Å². The van der Waals surface area contributed by atoms with Gasteiger partial charge in [0.2, 0.25) is 0 Å². The fraction of sp³-hybridized carbons (Fsp3) is 0.250. The maximum absolute atomic E-state index is 9.87. The van der Waals surface area contributed by atoms with Crippen LogP contribution in [0.1, 0.15) is 49.9 Å². The van der Waals surface area contributed by atoms with Crippen molar-refractivity contribution in [2.75, 3.05) is 0 Å². The molecule has 2 nitrogen and oxygen atoms in total. The average molecular weight is 598 g/mol. The Kier molecular flexibility index (Phi) is 6.01. The Morgan fingerprint density at radius 3 is 1.29 bits per heavy atom. The fourth-order valence-electron chi connectivity index (χ4n) is 3.42. The van der Waals surface area contributed by atoms with E-state index in [9.17, 15) is 10.2 Å². The molecule has 0 atom stereocenters. The zero-order valence-corrected chi connectivity index (χ0v) is 20.7. The lowest BCUT2D eigenvalue weighted by atomic mass is 9.73. The van der Waals surface area contributed by atoms with E-state index in [0.717, 1.165) is 7.14 Å². The molecule has 0 radical (unpaired) electrons. The molecule has 0 spiro atoms. The summed E-state index contributed by atoms with van der Waals surface area (Å²) in [6.07, 6.45) is 0. The molecular weight excluding hydrogens is 574 g/mol. The lowest BCUT2D eigenvalue weighted by Crippen LogP contribution is -2.23. The Morgan fingerprint density at radius 1 is 0.571 bits per heavy atom. The highest BCUT2D eigenvalue weighted by Gasteiger charge is 2.28. The minimum Gasteiger partial charge on any atom is -0.507 e. The van der Waals surface area contributed by atoms with Crippen LogP contribution in [0.25, 0.3) is 0 Å². The highest BCUT2D eigenvalue weighted by atomic mass is 127. The summed E-state index contributed by atoms with van der Waals surface area (Å²) in [7, 11) is 0. The third-order valence-electron chi connectivity index (χ3n) is 5.64. The van der Waals surface area contributed by atoms with E-state index in [-0.39, 0.29) is 10.8 Å². The molecule has 0 saturated heterocycles. The van der Waals surface area contributed by atoms with Gasteiger partial charge in [-0.2, -0.15) is 0 Å². The first-order chi connectivity index (χ1) is 13.0. The maximum Gasteiger partial charge on any atom is 0.128 e. The number of benzene rings is 3. The number of rotatable bonds is 4. The Balaban J connectivity index is 2.05. The summed E-state index contributed by atoms with van der Waals surface area (Å²) in [5.74, 6) is 0.633. The summed E-state index contributed by atoms with van der Waals surface area (Å²) in [5.41, 5.74) is 4.42. The third kappa shape index (κ3) is 4.03. The van der Waals surface area contributed by atoms with Gasteiger partial charge in [-0.05, 0) is 91.7 Å². The SMILES string of the molecule is CC(C)(c1cccc(C(C)(C)c2ccc(O)c(I)c2)c1)c1ccc(O)c(I)c1. The molecule has 2 N–H and O–H groups in total. The molecule has 28 heavy (non-hydrogen) atoms. The van der Waals surface area contributed by atoms with E-state index in [2.05, 4.69) is 109 Å². The van der Waals surface area contributed by atoms with Crippen LogP contribution in [0.2, 0.25) is 0 Å². The molecule has 146 valence electrons. The normalized spacial score (nSPS) is 12.2. The monoisotopic (exact) mass is 598 g/mol. The van der Waals surface area contributed by atoms with Crippen molar-refractivity contribution >= 4 is 45.2 Å². The van der Waals surface area contributed by atoms with Crippen molar-refractivity contribution in [1.29, 1.82) is 0 Å². The van der Waals surface area contributed by atoms with Gasteiger partial charge in [-0.25, -0.2) is 0 Å². The van der Waals surface area contributed by atoms with Crippen LogP contribution in [0, 0.1) is 7.14 Å². The van der Waals surface area contributed by atoms with E-state index in [1.54, 1.807) is 12.1 Å². The lowest BCUT2D eigenvalue weighted by Gasteiger charge is -2.31. The molecule has 0 saturated carbocycles. The van der Waals surface area contributed by atoms with Crippen LogP contribution in [0.5, 0.6) is 11.5 Å². The number of hydrogen-bond acceptors (Lipinski definition) is 2. The van der Waals surface area contributed by atoms with Crippen LogP contribution in [0.4, 0.5) is 0 Å². The molecule has 0 bridgehead atoms. The summed E-state index contributed by atoms with van der Waals surface area (Å²) >= 11 is 4.34. The summed E-state index contributed by atoms with van der Waals surface area (Å²) in [6.45, 7) is 8.85. The molecule has 0 aliphatic carbocycles. The van der Waals surface area contributed by atoms with Crippen molar-refractivity contribution in [2.45, 2.75) is 38.5 Å². The molecule has 0 heterocycles. The predicted octanol–water partition coefficient (Wildman–Crippen LogP) is 6.96. The highest BCUT2D eigenvalue weighted by molar-refractivity contribution is 14.1. The molecule has 0 amide bonds. The summed E-state index contributed by atoms with van der Waals surface area (Å²) in [6, 6.07) is 20.4. The average Bonchev–Trinajstić information content (AvgIpc) is 2.66. The molecule has 0 aromatic heterocycles. The van der Waals surface area contributed by atoms with E-state index in [1.165, 1.54) is 22.3 Å². The molecule has 4 heteroatoms. The van der Waals surface area contributed by atoms with Crippen molar-refractivity contribution in [3.05, 3.63) is 90.1 Å². The van der Waals surface area contributed by atoms with Gasteiger partial charge in [0.1, 0.15) is 11.5 Å². The maximum atomic E-state index is 9.87. The molecule has 0 unspecified atom stereocenters. The Morgan fingerprint density at radius 2 is 0.929 bits per heavy atom. The van der Waals surface area contributed by atoms with Crippen molar-refractivity contribution < 1.29 is 10.2 Å². The lowest BCUT2D eigenvalue weighted by molar-refractivity contribution is 0.470. The standard InChI is InChI=1S/C24H24I2O2/c1-23(2,17-8-10-21(27)19(25)13-17)15-6-5-7-16(12-15)24(3,4)18-9-11-22(28)20(26)14-18/h5-14,27-28H,1-4H3. The highest BCUT2D eigenvalue weighted by Crippen LogP contribution is 2.39. The number of hydrogen-bond donors (Lipinski definition) is 2. The first-order valence-electron chi connectivity index (χ1n) is 9.12. The number of aromatic hydroxyl groups is 2. The van der Waals surface area contributed by atoms with Gasteiger partial charge in [0.05, 0.1) is 7.14 Å². The molecule has 0 aliphatic heterocycles. The Labute approximate surface area is 194 Å². The zero-order chi connectivity index (χ0) is 20.7. The summed E-state index contributed by atoms with van der Waals surface area (Å²) < 4.78 is 1.72. The van der Waals surface area contributed by atoms with Crippen LogP contribution in [-0.2, 0) is 10.8 Å². The molecule has 0 aliphatic rings. The van der Waals surface area contributed by atoms with Gasteiger partial charge < -0.3 is 10.2 Å². The molecule has 0 fully saturated rings. The van der Waals surface area contributed by atoms with Crippen molar-refractivity contribution in [2.24, 2.45) is 0 Å². The van der Waals surface area contributed by atoms with E-state index < -0.39 is 0 Å². The van der Waals surface area contributed by atoms with Crippen LogP contribution in [0.3, 0.4) is 0 Å². The zero-order valence-electron chi connectivity index (χ0n) is 16.4. The second-order valence-corrected chi connectivity index (χ2v) is 10.5. The van der Waals surface area contributed by atoms with E-state index >= 15 is 0 Å². The van der Waals surface area contributed by atoms with Gasteiger partial charge >= 0.3 is 0 Å². The first-order valence-corrected chi connectivity index (χ1v) is 11.3. The van der Waals surface area contributed by atoms with E-state index in [0.29, 0.717) is 11.5 Å². The number of phenols is 2. The van der Waals surface area contributed by atoms with Gasteiger partial charge in [-0.15, -0.1) is 0 Å². The Bertz CT molecular complexity index is 944. The minimum absolute atomic E-state index is 0.191. The second kappa shape index (κ2) is 7.86. The number of phenolic OH excluding ortho intramolecular Hbond substituents is 2. The van der Waals surface area contributed by atoms with Crippen LogP contribution in [-0.4, -0.2) is 10.2 Å². The summed E-state index contributed by atoms with van der Waals surface area (Å²) in [4.78, 5) is 0. The molecule has 3 rings (SSSR count). The third-order valence-corrected chi connectivity index (χ3v) is 7.37. The van der Waals surface area contributed by atoms with Crippen LogP contribution < -0.4 is 0 Å². The molecule has 3 aromatic rings. The summed E-state index contributed by atoms with van der Waals surface area (Å²) in [5, 5.41) is 19.7. The smallest absolute Gasteiger partial charge is 0.128 e. The predicted molar refractivity (Wildman–Crippen MR) is 132 cm³/mol. The quantitative estimate of drug-likeness (QED) is 0.319. The van der Waals surface area contributed by atoms with E-state index in [4.69, 9.17) is 0 Å². The van der Waals surface area contributed by atoms with E-state index in [1.807, 2.05) is 12.1 Å². The van der Waals surface area contributed by atoms with Crippen molar-refractivity contribution in [1.82, 2.24) is 0 Å². The van der Waals surface area contributed by atoms with Crippen molar-refractivity contribution in [3.63, 3.8) is 0 Å². The van der Waals surface area contributed by atoms with Gasteiger partial charge in [0.15, 0.2) is 0 Å². The topological polar surface area (TPSA) is 40.5 Å². The van der Waals surface area contributed by atoms with Gasteiger partial charge in [0.25, 0.3) is 0 Å². The van der Waals surface area contributed by atoms with Crippen molar-refractivity contribution in [3.8, 4) is 11.5 Å². The van der Waals surface area contributed by atoms with Gasteiger partial charge in [0, 0.05) is 10.8 Å². The van der Waals surface area contributed by atoms with Crippen LogP contribution >= 0.6 is 45.2 Å². The number of halogens is 2. The molecular formula is C24H24I2O2. The minimum atomic E-state index is -0.191. The Hall–Kier alpha value is -1.28. The molecule has 3 aromatic carbocycles. The second-order valence-electron chi connectivity index (χ2n) is 8.16. The van der Waals surface area contributed by atoms with Crippen LogP contribution in [0.15, 0.2) is 60.7 Å². The first kappa shape index (κ1) is 21.4. The fourth-order valence-corrected chi connectivity index (χ4v) is 4.45. The van der Waals surface area contributed by atoms with Gasteiger partial charge in [-0.3, -0.25) is 0 Å². The largest absolute Gasteiger partial charge is 0.507 e.